The van der Waals surface area contributed by atoms with Crippen LogP contribution in [0.5, 0.6) is 0 Å². The maximum atomic E-state index is 13.3. The van der Waals surface area contributed by atoms with Gasteiger partial charge >= 0.3 is 5.97 Å². The van der Waals surface area contributed by atoms with Gasteiger partial charge in [0.1, 0.15) is 0 Å². The zero-order valence-corrected chi connectivity index (χ0v) is 9.99. The number of carbonyl (C=O) groups is 1. The predicted octanol–water partition coefficient (Wildman–Crippen LogP) is 1.79. The molecule has 2 atom stereocenters. The fourth-order valence-electron chi connectivity index (χ4n) is 2.01. The van der Waals surface area contributed by atoms with Crippen LogP contribution in [0.25, 0.3) is 0 Å². The molecule has 2 unspecified atom stereocenters. The molecule has 0 aromatic carbocycles. The van der Waals surface area contributed by atoms with Gasteiger partial charge in [-0.1, -0.05) is 12.2 Å². The monoisotopic (exact) mass is 229 g/mol. The summed E-state index contributed by atoms with van der Waals surface area (Å²) in [5.41, 5.74) is 0. The summed E-state index contributed by atoms with van der Waals surface area (Å²) >= 11 is 0. The summed E-state index contributed by atoms with van der Waals surface area (Å²) in [6.07, 6.45) is 6.14. The van der Waals surface area contributed by atoms with Crippen LogP contribution in [0.2, 0.25) is 0 Å². The fraction of sp³-hybridized carbons (Fsp3) is 0.750. The van der Waals surface area contributed by atoms with E-state index in [0.717, 1.165) is 25.8 Å². The average molecular weight is 229 g/mol. The quantitative estimate of drug-likeness (QED) is 0.531. The zero-order chi connectivity index (χ0) is 12.0. The largest absolute Gasteiger partial charge is 0.467 e. The lowest BCUT2D eigenvalue weighted by molar-refractivity contribution is -0.147. The third-order valence-corrected chi connectivity index (χ3v) is 2.88. The highest BCUT2D eigenvalue weighted by Gasteiger charge is 2.21. The van der Waals surface area contributed by atoms with Crippen molar-refractivity contribution in [2.45, 2.75) is 25.4 Å². The van der Waals surface area contributed by atoms with Crippen LogP contribution < -0.4 is 0 Å². The Hall–Kier alpha value is -0.900. The molecule has 1 aliphatic carbocycles. The Morgan fingerprint density at radius 2 is 2.38 bits per heavy atom. The summed E-state index contributed by atoms with van der Waals surface area (Å²) < 4.78 is 17.6. The first-order valence-electron chi connectivity index (χ1n) is 5.69. The standard InChI is InChI=1S/C12H20FNO2/c1-14(9-11(13)12(15)16-2)8-10-6-4-3-5-7-10/h3-4,10-11H,5-9H2,1-2H3. The van der Waals surface area contributed by atoms with Crippen LogP contribution in [0.1, 0.15) is 19.3 Å². The van der Waals surface area contributed by atoms with Crippen LogP contribution in [0.15, 0.2) is 12.2 Å². The third kappa shape index (κ3) is 4.31. The molecule has 0 aromatic heterocycles. The summed E-state index contributed by atoms with van der Waals surface area (Å²) in [5, 5.41) is 0. The highest BCUT2D eigenvalue weighted by Crippen LogP contribution is 2.18. The molecule has 1 aliphatic rings. The molecule has 0 radical (unpaired) electrons. The summed E-state index contributed by atoms with van der Waals surface area (Å²) in [6, 6.07) is 0. The van der Waals surface area contributed by atoms with Gasteiger partial charge in [-0.2, -0.15) is 0 Å². The SMILES string of the molecule is COC(=O)C(F)CN(C)CC1CC=CCC1. The minimum absolute atomic E-state index is 0.118. The van der Waals surface area contributed by atoms with Gasteiger partial charge < -0.3 is 9.64 Å². The van der Waals surface area contributed by atoms with E-state index in [0.29, 0.717) is 5.92 Å². The van der Waals surface area contributed by atoms with Crippen molar-refractivity contribution in [3.8, 4) is 0 Å². The molecular formula is C12H20FNO2. The summed E-state index contributed by atoms with van der Waals surface area (Å²) in [5.74, 6) is -0.199. The third-order valence-electron chi connectivity index (χ3n) is 2.88. The van der Waals surface area contributed by atoms with Crippen LogP contribution >= 0.6 is 0 Å². The van der Waals surface area contributed by atoms with E-state index in [4.69, 9.17) is 0 Å². The van der Waals surface area contributed by atoms with Crippen molar-refractivity contribution in [2.24, 2.45) is 5.92 Å². The molecule has 16 heavy (non-hydrogen) atoms. The van der Waals surface area contributed by atoms with E-state index >= 15 is 0 Å². The molecule has 0 aliphatic heterocycles. The van der Waals surface area contributed by atoms with E-state index in [2.05, 4.69) is 16.9 Å². The van der Waals surface area contributed by atoms with Gasteiger partial charge in [0.05, 0.1) is 7.11 Å². The lowest BCUT2D eigenvalue weighted by Gasteiger charge is -2.25. The molecule has 0 saturated heterocycles. The van der Waals surface area contributed by atoms with Gasteiger partial charge in [0, 0.05) is 13.1 Å². The van der Waals surface area contributed by atoms with E-state index < -0.39 is 12.1 Å². The highest BCUT2D eigenvalue weighted by molar-refractivity contribution is 5.74. The summed E-state index contributed by atoms with van der Waals surface area (Å²) in [7, 11) is 3.05. The van der Waals surface area contributed by atoms with Gasteiger partial charge in [0.2, 0.25) is 6.17 Å². The van der Waals surface area contributed by atoms with Crippen molar-refractivity contribution in [1.82, 2.24) is 4.90 Å². The van der Waals surface area contributed by atoms with E-state index in [1.165, 1.54) is 7.11 Å². The number of methoxy groups -OCH3 is 1. The number of allylic oxidation sites excluding steroid dienone is 2. The molecule has 3 nitrogen and oxygen atoms in total. The van der Waals surface area contributed by atoms with Crippen LogP contribution in [0, 0.1) is 5.92 Å². The van der Waals surface area contributed by atoms with Crippen LogP contribution in [0.4, 0.5) is 4.39 Å². The smallest absolute Gasteiger partial charge is 0.341 e. The molecule has 4 heteroatoms. The Morgan fingerprint density at radius 3 is 2.94 bits per heavy atom. The molecule has 0 N–H and O–H groups in total. The average Bonchev–Trinajstić information content (AvgIpc) is 2.29. The lowest BCUT2D eigenvalue weighted by atomic mass is 9.94. The van der Waals surface area contributed by atoms with Crippen molar-refractivity contribution in [2.75, 3.05) is 27.2 Å². The maximum absolute atomic E-state index is 13.3. The molecule has 0 heterocycles. The van der Waals surface area contributed by atoms with Gasteiger partial charge in [0.15, 0.2) is 0 Å². The second-order valence-electron chi connectivity index (χ2n) is 4.36. The number of hydrogen-bond acceptors (Lipinski definition) is 3. The Bertz CT molecular complexity index is 255. The van der Waals surface area contributed by atoms with Crippen molar-refractivity contribution in [3.05, 3.63) is 12.2 Å². The van der Waals surface area contributed by atoms with E-state index in [1.54, 1.807) is 0 Å². The number of esters is 1. The van der Waals surface area contributed by atoms with Crippen LogP contribution in [0.3, 0.4) is 0 Å². The predicted molar refractivity (Wildman–Crippen MR) is 60.9 cm³/mol. The van der Waals surface area contributed by atoms with E-state index in [9.17, 15) is 9.18 Å². The van der Waals surface area contributed by atoms with Crippen LogP contribution in [-0.2, 0) is 9.53 Å². The Kier molecular flexibility index (Phi) is 5.46. The molecule has 0 amide bonds. The fourth-order valence-corrected chi connectivity index (χ4v) is 2.01. The second-order valence-corrected chi connectivity index (χ2v) is 4.36. The Labute approximate surface area is 96.3 Å². The van der Waals surface area contributed by atoms with Crippen molar-refractivity contribution < 1.29 is 13.9 Å². The van der Waals surface area contributed by atoms with Gasteiger partial charge in [-0.15, -0.1) is 0 Å². The summed E-state index contributed by atoms with van der Waals surface area (Å²) in [4.78, 5) is 12.8. The van der Waals surface area contributed by atoms with Gasteiger partial charge in [-0.25, -0.2) is 9.18 Å². The first-order valence-corrected chi connectivity index (χ1v) is 5.69. The molecule has 0 spiro atoms. The number of halogens is 1. The molecule has 0 bridgehead atoms. The first-order chi connectivity index (χ1) is 7.63. The molecule has 0 saturated carbocycles. The van der Waals surface area contributed by atoms with Crippen molar-refractivity contribution in [1.29, 1.82) is 0 Å². The number of ether oxygens (including phenoxy) is 1. The topological polar surface area (TPSA) is 29.5 Å². The zero-order valence-electron chi connectivity index (χ0n) is 9.99. The minimum Gasteiger partial charge on any atom is -0.467 e. The van der Waals surface area contributed by atoms with Crippen LogP contribution in [-0.4, -0.2) is 44.3 Å². The molecule has 0 fully saturated rings. The molecule has 0 aromatic rings. The van der Waals surface area contributed by atoms with Crippen molar-refractivity contribution >= 4 is 5.97 Å². The second kappa shape index (κ2) is 6.63. The maximum Gasteiger partial charge on any atom is 0.341 e. The van der Waals surface area contributed by atoms with E-state index in [1.807, 2.05) is 11.9 Å². The number of alkyl halides is 1. The Balaban J connectivity index is 2.26. The van der Waals surface area contributed by atoms with Gasteiger partial charge in [-0.05, 0) is 32.2 Å². The van der Waals surface area contributed by atoms with Gasteiger partial charge in [-0.3, -0.25) is 0 Å². The molecule has 92 valence electrons. The molecular weight excluding hydrogens is 209 g/mol. The van der Waals surface area contributed by atoms with Gasteiger partial charge in [0.25, 0.3) is 0 Å². The number of carbonyl (C=O) groups excluding carboxylic acids is 1. The number of nitrogens with zero attached hydrogens (tertiary/aromatic N) is 1. The number of hydrogen-bond donors (Lipinski definition) is 0. The normalized spacial score (nSPS) is 22.1. The number of rotatable bonds is 5. The Morgan fingerprint density at radius 1 is 1.62 bits per heavy atom. The lowest BCUT2D eigenvalue weighted by Crippen LogP contribution is -2.35. The minimum atomic E-state index is -1.53. The van der Waals surface area contributed by atoms with E-state index in [-0.39, 0.29) is 6.54 Å². The summed E-state index contributed by atoms with van der Waals surface area (Å²) in [6.45, 7) is 0.953. The highest BCUT2D eigenvalue weighted by atomic mass is 19.1. The van der Waals surface area contributed by atoms with Crippen molar-refractivity contribution in [3.63, 3.8) is 0 Å². The first kappa shape index (κ1) is 13.2. The molecule has 1 rings (SSSR count).